The monoisotopic (exact) mass is 308 g/mol. The minimum Gasteiger partial charge on any atom is -0.274 e. The molecule has 78 valence electrons. The molecule has 0 aromatic rings. The molecule has 0 rings (SSSR count). The number of halogens is 8. The molecule has 0 aromatic carbocycles. The lowest BCUT2D eigenvalue weighted by Gasteiger charge is -2.28. The Labute approximate surface area is 87.3 Å². The first-order chi connectivity index (χ1) is 5.44. The van der Waals surface area contributed by atoms with Gasteiger partial charge in [0.2, 0.25) is 0 Å². The lowest BCUT2D eigenvalue weighted by molar-refractivity contribution is -0.171. The van der Waals surface area contributed by atoms with Crippen LogP contribution in [0.5, 0.6) is 0 Å². The van der Waals surface area contributed by atoms with Gasteiger partial charge in [-0.1, -0.05) is 0 Å². The van der Waals surface area contributed by atoms with Crippen molar-refractivity contribution < 1.29 is 26.7 Å². The van der Waals surface area contributed by atoms with Gasteiger partial charge in [0.1, 0.15) is 0 Å². The summed E-state index contributed by atoms with van der Waals surface area (Å²) in [7, 11) is 0. The molecular weight excluding hydrogens is 310 g/mol. The Hall–Kier alpha value is 0.380. The second-order valence-electron chi connectivity index (χ2n) is 1.92. The summed E-state index contributed by atoms with van der Waals surface area (Å²) in [6.07, 6.45) is 0. The normalized spacial score (nSPS) is 18.2. The van der Waals surface area contributed by atoms with Crippen LogP contribution in [-0.2, 0) is 4.79 Å². The molecule has 0 spiro atoms. The fourth-order valence-corrected chi connectivity index (χ4v) is 0.845. The second kappa shape index (κ2) is 3.51. The first-order valence-electron chi connectivity index (χ1n) is 2.47. The van der Waals surface area contributed by atoms with Crippen molar-refractivity contribution in [2.24, 2.45) is 0 Å². The van der Waals surface area contributed by atoms with Crippen molar-refractivity contribution in [1.82, 2.24) is 0 Å². The molecule has 0 saturated carbocycles. The molecule has 0 fully saturated rings. The zero-order chi connectivity index (χ0) is 11.1. The predicted octanol–water partition coefficient (Wildman–Crippen LogP) is 3.28. The maximum atomic E-state index is 12.6. The van der Waals surface area contributed by atoms with Crippen LogP contribution in [0.2, 0.25) is 0 Å². The highest BCUT2D eigenvalue weighted by Crippen LogP contribution is 2.51. The van der Waals surface area contributed by atoms with E-state index in [2.05, 4.69) is 23.2 Å². The molecule has 0 aromatic heterocycles. The van der Waals surface area contributed by atoms with E-state index in [9.17, 15) is 26.7 Å². The Balaban J connectivity index is 5.16. The summed E-state index contributed by atoms with van der Waals surface area (Å²) in [5.41, 5.74) is 0. The van der Waals surface area contributed by atoms with Crippen LogP contribution in [0.4, 0.5) is 22.0 Å². The fraction of sp³-hybridized carbons (Fsp3) is 0.750. The Morgan fingerprint density at radius 1 is 1.15 bits per heavy atom. The van der Waals surface area contributed by atoms with Gasteiger partial charge in [0.25, 0.3) is 5.24 Å². The minimum atomic E-state index is -5.13. The number of carbonyl (C=O) groups excluding carboxylic acids is 1. The zero-order valence-electron chi connectivity index (χ0n) is 5.43. The van der Waals surface area contributed by atoms with Crippen LogP contribution in [0.15, 0.2) is 0 Å². The van der Waals surface area contributed by atoms with Gasteiger partial charge in [0.05, 0.1) is 0 Å². The van der Waals surface area contributed by atoms with Crippen LogP contribution in [0.3, 0.4) is 0 Å². The number of hydrogen-bond donors (Lipinski definition) is 0. The molecule has 0 amide bonds. The Kier molecular flexibility index (Phi) is 3.61. The van der Waals surface area contributed by atoms with Crippen LogP contribution in [-0.4, -0.2) is 21.1 Å². The van der Waals surface area contributed by atoms with E-state index in [1.165, 1.54) is 15.9 Å². The number of hydrogen-bond acceptors (Lipinski definition) is 1. The molecule has 1 atom stereocenters. The summed E-state index contributed by atoms with van der Waals surface area (Å²) in [5.74, 6) is -5.13. The topological polar surface area (TPSA) is 17.1 Å². The highest BCUT2D eigenvalue weighted by molar-refractivity contribution is 9.10. The second-order valence-corrected chi connectivity index (χ2v) is 3.83. The minimum absolute atomic E-state index is 1.32. The average Bonchev–Trinajstić information content (AvgIpc) is 1.84. The van der Waals surface area contributed by atoms with E-state index in [1.807, 2.05) is 0 Å². The molecule has 0 heterocycles. The summed E-state index contributed by atoms with van der Waals surface area (Å²) in [4.78, 5) is 9.91. The Morgan fingerprint density at radius 2 is 1.46 bits per heavy atom. The third-order valence-corrected chi connectivity index (χ3v) is 2.72. The van der Waals surface area contributed by atoms with Gasteiger partial charge < -0.3 is 0 Å². The standard InChI is InChI=1S/C4BrCl2F5O/c5-3(10,4(7,11)12)2(8,9)1(6)13. The van der Waals surface area contributed by atoms with Gasteiger partial charge in [-0.25, -0.2) is 4.39 Å². The average molecular weight is 310 g/mol. The summed E-state index contributed by atoms with van der Waals surface area (Å²) in [6, 6.07) is 0. The first kappa shape index (κ1) is 13.4. The van der Waals surface area contributed by atoms with Gasteiger partial charge in [-0.05, 0) is 39.1 Å². The molecule has 0 radical (unpaired) electrons. The lowest BCUT2D eigenvalue weighted by atomic mass is 10.2. The number of alkyl halides is 7. The van der Waals surface area contributed by atoms with E-state index >= 15 is 0 Å². The van der Waals surface area contributed by atoms with E-state index in [-0.39, 0.29) is 0 Å². The SMILES string of the molecule is O=C(Cl)C(F)(F)C(F)(Br)C(F)(F)Cl. The summed E-state index contributed by atoms with van der Waals surface area (Å²) < 4.78 is 56.6. The molecule has 0 N–H and O–H groups in total. The third kappa shape index (κ3) is 2.24. The largest absolute Gasteiger partial charge is 0.371 e. The summed E-state index contributed by atoms with van der Waals surface area (Å²) in [6.45, 7) is 0. The van der Waals surface area contributed by atoms with Crippen LogP contribution >= 0.6 is 39.1 Å². The van der Waals surface area contributed by atoms with Crippen LogP contribution in [0, 0.1) is 0 Å². The van der Waals surface area contributed by atoms with Gasteiger partial charge in [-0.15, -0.1) is 0 Å². The summed E-state index contributed by atoms with van der Waals surface area (Å²) in [5, 5.41) is -7.55. The van der Waals surface area contributed by atoms with Crippen molar-refractivity contribution in [1.29, 1.82) is 0 Å². The quantitative estimate of drug-likeness (QED) is 0.444. The molecule has 1 unspecified atom stereocenters. The number of carbonyl (C=O) groups is 1. The van der Waals surface area contributed by atoms with E-state index in [0.29, 0.717) is 0 Å². The van der Waals surface area contributed by atoms with Crippen molar-refractivity contribution >= 4 is 44.4 Å². The summed E-state index contributed by atoms with van der Waals surface area (Å²) >= 11 is 9.54. The highest BCUT2D eigenvalue weighted by atomic mass is 79.9. The van der Waals surface area contributed by atoms with E-state index < -0.39 is 21.1 Å². The molecule has 0 saturated heterocycles. The third-order valence-electron chi connectivity index (χ3n) is 0.997. The van der Waals surface area contributed by atoms with Crippen LogP contribution in [0.1, 0.15) is 0 Å². The molecule has 0 aliphatic heterocycles. The maximum Gasteiger partial charge on any atom is 0.371 e. The molecule has 0 aliphatic carbocycles. The molecule has 13 heavy (non-hydrogen) atoms. The fourth-order valence-electron chi connectivity index (χ4n) is 0.301. The van der Waals surface area contributed by atoms with E-state index in [4.69, 9.17) is 0 Å². The highest BCUT2D eigenvalue weighted by Gasteiger charge is 2.71. The smallest absolute Gasteiger partial charge is 0.274 e. The molecule has 9 heteroatoms. The maximum absolute atomic E-state index is 12.6. The van der Waals surface area contributed by atoms with Gasteiger partial charge in [0, 0.05) is 0 Å². The zero-order valence-corrected chi connectivity index (χ0v) is 8.53. The van der Waals surface area contributed by atoms with Gasteiger partial charge in [-0.2, -0.15) is 17.6 Å². The van der Waals surface area contributed by atoms with Gasteiger partial charge in [-0.3, -0.25) is 4.79 Å². The van der Waals surface area contributed by atoms with Crippen molar-refractivity contribution in [3.05, 3.63) is 0 Å². The molecule has 0 bridgehead atoms. The van der Waals surface area contributed by atoms with E-state index in [1.54, 1.807) is 0 Å². The van der Waals surface area contributed by atoms with Crippen LogP contribution < -0.4 is 0 Å². The Bertz CT molecular complexity index is 225. The Morgan fingerprint density at radius 3 is 1.54 bits per heavy atom. The number of rotatable bonds is 3. The lowest BCUT2D eigenvalue weighted by Crippen LogP contribution is -2.53. The van der Waals surface area contributed by atoms with Crippen molar-refractivity contribution in [3.63, 3.8) is 0 Å². The van der Waals surface area contributed by atoms with Gasteiger partial charge >= 0.3 is 15.9 Å². The van der Waals surface area contributed by atoms with Crippen molar-refractivity contribution in [3.8, 4) is 0 Å². The molecular formula is C4BrCl2F5O. The van der Waals surface area contributed by atoms with Gasteiger partial charge in [0.15, 0.2) is 0 Å². The van der Waals surface area contributed by atoms with E-state index in [0.717, 1.165) is 0 Å². The molecule has 0 aliphatic rings. The van der Waals surface area contributed by atoms with Crippen molar-refractivity contribution in [2.75, 3.05) is 0 Å². The van der Waals surface area contributed by atoms with Crippen molar-refractivity contribution in [2.45, 2.75) is 15.9 Å². The first-order valence-corrected chi connectivity index (χ1v) is 4.01. The molecule has 1 nitrogen and oxygen atoms in total. The predicted molar refractivity (Wildman–Crippen MR) is 39.4 cm³/mol. The van der Waals surface area contributed by atoms with Crippen LogP contribution in [0.25, 0.3) is 0 Å².